The molecule has 2 heterocycles. The summed E-state index contributed by atoms with van der Waals surface area (Å²) in [6.07, 6.45) is -4.75. The van der Waals surface area contributed by atoms with Crippen LogP contribution in [-0.4, -0.2) is 59.2 Å². The summed E-state index contributed by atoms with van der Waals surface area (Å²) in [5.41, 5.74) is 0.814. The van der Waals surface area contributed by atoms with Gasteiger partial charge in [-0.2, -0.15) is 18.2 Å². The van der Waals surface area contributed by atoms with E-state index in [0.29, 0.717) is 18.7 Å². The zero-order valence-corrected chi connectivity index (χ0v) is 17.5. The molecule has 2 aromatic carbocycles. The molecule has 3 aromatic rings. The van der Waals surface area contributed by atoms with Gasteiger partial charge in [0.15, 0.2) is 0 Å². The van der Waals surface area contributed by atoms with Crippen LogP contribution in [0.25, 0.3) is 11.4 Å². The first-order valence-electron chi connectivity index (χ1n) is 10.2. The maximum atomic E-state index is 13.2. The van der Waals surface area contributed by atoms with Crippen LogP contribution in [0.2, 0.25) is 0 Å². The molecule has 2 amide bonds. The number of alkyl halides is 3. The Bertz CT molecular complexity index is 1160. The highest BCUT2D eigenvalue weighted by Crippen LogP contribution is 2.29. The summed E-state index contributed by atoms with van der Waals surface area (Å²) in [6, 6.07) is 10.4. The Hall–Kier alpha value is -3.80. The molecule has 1 aliphatic heterocycles. The summed E-state index contributed by atoms with van der Waals surface area (Å²) in [5.74, 6) is -2.92. The minimum Gasteiger partial charge on any atom is -0.377 e. The van der Waals surface area contributed by atoms with Crippen LogP contribution >= 0.6 is 0 Å². The third-order valence-electron chi connectivity index (χ3n) is 5.15. The van der Waals surface area contributed by atoms with Gasteiger partial charge in [-0.05, 0) is 36.4 Å². The molecule has 1 aromatic heterocycles. The van der Waals surface area contributed by atoms with Crippen LogP contribution in [0.3, 0.4) is 0 Å². The van der Waals surface area contributed by atoms with E-state index in [2.05, 4.69) is 20.0 Å². The molecule has 12 heteroatoms. The molecule has 1 fully saturated rings. The molecule has 1 N–H and O–H groups in total. The van der Waals surface area contributed by atoms with Crippen molar-refractivity contribution >= 4 is 11.8 Å². The number of aromatic nitrogens is 2. The predicted molar refractivity (Wildman–Crippen MR) is 109 cm³/mol. The number of carbonyl (C=O) groups is 2. The number of hydrogen-bond donors (Lipinski definition) is 1. The molecule has 8 nitrogen and oxygen atoms in total. The standard InChI is InChI=1S/C22H18F4N4O4/c23-16-7-5-15(6-8-16)20(32)30-9-10-33-12-17(30)11-27-19(31)14-3-1-13(2-4-14)18-28-21(34-29-18)22(24,25)26/h1-8,17H,9-12H2,(H,27,31). The van der Waals surface area contributed by atoms with E-state index in [1.807, 2.05) is 0 Å². The number of rotatable bonds is 5. The van der Waals surface area contributed by atoms with Crippen molar-refractivity contribution in [1.82, 2.24) is 20.4 Å². The maximum Gasteiger partial charge on any atom is 0.471 e. The van der Waals surface area contributed by atoms with Crippen molar-refractivity contribution in [3.8, 4) is 11.4 Å². The number of nitrogens with zero attached hydrogens (tertiary/aromatic N) is 3. The van der Waals surface area contributed by atoms with E-state index < -0.39 is 29.8 Å². The lowest BCUT2D eigenvalue weighted by molar-refractivity contribution is -0.159. The Kier molecular flexibility index (Phi) is 6.59. The number of carbonyl (C=O) groups excluding carboxylic acids is 2. The van der Waals surface area contributed by atoms with Gasteiger partial charge >= 0.3 is 12.1 Å². The first-order chi connectivity index (χ1) is 16.2. The average Bonchev–Trinajstić information content (AvgIpc) is 3.34. The minimum absolute atomic E-state index is 0.104. The molecule has 1 aliphatic rings. The number of hydrogen-bond acceptors (Lipinski definition) is 6. The van der Waals surface area contributed by atoms with Crippen molar-refractivity contribution in [3.63, 3.8) is 0 Å². The number of nitrogens with one attached hydrogen (secondary N) is 1. The zero-order chi connectivity index (χ0) is 24.3. The van der Waals surface area contributed by atoms with Crippen LogP contribution in [0.1, 0.15) is 26.6 Å². The molecule has 1 unspecified atom stereocenters. The largest absolute Gasteiger partial charge is 0.471 e. The summed E-state index contributed by atoms with van der Waals surface area (Å²) in [5, 5.41) is 6.03. The number of ether oxygens (including phenoxy) is 1. The lowest BCUT2D eigenvalue weighted by atomic mass is 10.1. The molecule has 0 spiro atoms. The van der Waals surface area contributed by atoms with E-state index in [1.165, 1.54) is 48.5 Å². The normalized spacial score (nSPS) is 16.4. The van der Waals surface area contributed by atoms with E-state index >= 15 is 0 Å². The Morgan fingerprint density at radius 1 is 1.06 bits per heavy atom. The van der Waals surface area contributed by atoms with E-state index in [1.54, 1.807) is 4.90 Å². The maximum absolute atomic E-state index is 13.2. The van der Waals surface area contributed by atoms with Gasteiger partial charge in [0.25, 0.3) is 11.8 Å². The van der Waals surface area contributed by atoms with Crippen molar-refractivity contribution in [2.24, 2.45) is 0 Å². The van der Waals surface area contributed by atoms with Gasteiger partial charge in [-0.3, -0.25) is 9.59 Å². The summed E-state index contributed by atoms with van der Waals surface area (Å²) in [4.78, 5) is 30.2. The van der Waals surface area contributed by atoms with E-state index in [9.17, 15) is 27.2 Å². The van der Waals surface area contributed by atoms with Crippen molar-refractivity contribution in [3.05, 3.63) is 71.4 Å². The zero-order valence-electron chi connectivity index (χ0n) is 17.5. The lowest BCUT2D eigenvalue weighted by Gasteiger charge is -2.35. The molecule has 0 bridgehead atoms. The second-order valence-corrected chi connectivity index (χ2v) is 7.44. The highest BCUT2D eigenvalue weighted by atomic mass is 19.4. The van der Waals surface area contributed by atoms with E-state index in [4.69, 9.17) is 4.74 Å². The van der Waals surface area contributed by atoms with Crippen LogP contribution in [-0.2, 0) is 10.9 Å². The SMILES string of the molecule is O=C(NCC1COCCN1C(=O)c1ccc(F)cc1)c1ccc(-c2noc(C(F)(F)F)n2)cc1. The first-order valence-corrected chi connectivity index (χ1v) is 10.2. The fourth-order valence-electron chi connectivity index (χ4n) is 3.39. The number of halogens is 4. The van der Waals surface area contributed by atoms with Gasteiger partial charge in [-0.15, -0.1) is 0 Å². The van der Waals surface area contributed by atoms with Gasteiger partial charge in [0.2, 0.25) is 5.82 Å². The topological polar surface area (TPSA) is 97.6 Å². The van der Waals surface area contributed by atoms with Crippen LogP contribution in [0.4, 0.5) is 17.6 Å². The molecule has 1 atom stereocenters. The fraction of sp³-hybridized carbons (Fsp3) is 0.273. The third-order valence-corrected chi connectivity index (χ3v) is 5.15. The fourth-order valence-corrected chi connectivity index (χ4v) is 3.39. The molecule has 34 heavy (non-hydrogen) atoms. The molecular formula is C22H18F4N4O4. The molecule has 0 aliphatic carbocycles. The second-order valence-electron chi connectivity index (χ2n) is 7.44. The van der Waals surface area contributed by atoms with Gasteiger partial charge in [-0.1, -0.05) is 17.3 Å². The summed E-state index contributed by atoms with van der Waals surface area (Å²) in [6.45, 7) is 0.972. The second kappa shape index (κ2) is 9.59. The van der Waals surface area contributed by atoms with Crippen molar-refractivity contribution in [2.45, 2.75) is 12.2 Å². The minimum atomic E-state index is -4.75. The summed E-state index contributed by atoms with van der Waals surface area (Å²) >= 11 is 0. The Labute approximate surface area is 190 Å². The smallest absolute Gasteiger partial charge is 0.377 e. The molecular weight excluding hydrogens is 460 g/mol. The van der Waals surface area contributed by atoms with Crippen molar-refractivity contribution < 1.29 is 36.4 Å². The first kappa shape index (κ1) is 23.4. The number of benzene rings is 2. The molecule has 178 valence electrons. The highest BCUT2D eigenvalue weighted by Gasteiger charge is 2.38. The molecule has 1 saturated heterocycles. The predicted octanol–water partition coefficient (Wildman–Crippen LogP) is 3.17. The van der Waals surface area contributed by atoms with Crippen LogP contribution < -0.4 is 5.32 Å². The van der Waals surface area contributed by atoms with E-state index in [-0.39, 0.29) is 36.0 Å². The highest BCUT2D eigenvalue weighted by molar-refractivity contribution is 5.95. The van der Waals surface area contributed by atoms with Crippen molar-refractivity contribution in [2.75, 3.05) is 26.3 Å². The summed E-state index contributed by atoms with van der Waals surface area (Å²) in [7, 11) is 0. The monoisotopic (exact) mass is 478 g/mol. The molecule has 0 saturated carbocycles. The molecule has 4 rings (SSSR count). The van der Waals surface area contributed by atoms with Crippen LogP contribution in [0, 0.1) is 5.82 Å². The Morgan fingerprint density at radius 3 is 2.38 bits per heavy atom. The van der Waals surface area contributed by atoms with E-state index in [0.717, 1.165) is 0 Å². The van der Waals surface area contributed by atoms with Gasteiger partial charge in [-0.25, -0.2) is 4.39 Å². The van der Waals surface area contributed by atoms with Gasteiger partial charge in [0.05, 0.1) is 19.3 Å². The van der Waals surface area contributed by atoms with Crippen LogP contribution in [0.5, 0.6) is 0 Å². The Morgan fingerprint density at radius 2 is 1.74 bits per heavy atom. The van der Waals surface area contributed by atoms with Gasteiger partial charge in [0.1, 0.15) is 5.82 Å². The van der Waals surface area contributed by atoms with Gasteiger partial charge < -0.3 is 19.5 Å². The Balaban J connectivity index is 1.38. The van der Waals surface area contributed by atoms with Crippen LogP contribution in [0.15, 0.2) is 53.1 Å². The van der Waals surface area contributed by atoms with Crippen molar-refractivity contribution in [1.29, 1.82) is 0 Å². The number of morpholine rings is 1. The third kappa shape index (κ3) is 5.22. The number of amides is 2. The van der Waals surface area contributed by atoms with Gasteiger partial charge in [0, 0.05) is 29.8 Å². The molecule has 0 radical (unpaired) electrons. The summed E-state index contributed by atoms with van der Waals surface area (Å²) < 4.78 is 60.7. The quantitative estimate of drug-likeness (QED) is 0.566. The average molecular weight is 478 g/mol. The lowest BCUT2D eigenvalue weighted by Crippen LogP contribution is -2.53.